The summed E-state index contributed by atoms with van der Waals surface area (Å²) in [6.45, 7) is 4.59. The molecule has 172 valence electrons. The predicted molar refractivity (Wildman–Crippen MR) is 127 cm³/mol. The molecule has 4 rings (SSSR count). The molecule has 2 aliphatic heterocycles. The summed E-state index contributed by atoms with van der Waals surface area (Å²) in [5, 5.41) is -0.453. The van der Waals surface area contributed by atoms with Crippen LogP contribution in [0.4, 0.5) is 4.79 Å². The molecule has 0 N–H and O–H groups in total. The number of methoxy groups -OCH3 is 1. The van der Waals surface area contributed by atoms with Crippen molar-refractivity contribution in [3.8, 4) is 11.5 Å². The molecule has 8 heteroatoms. The van der Waals surface area contributed by atoms with Gasteiger partial charge in [-0.3, -0.25) is 19.3 Å². The van der Waals surface area contributed by atoms with Gasteiger partial charge in [0.2, 0.25) is 5.91 Å². The van der Waals surface area contributed by atoms with E-state index in [4.69, 9.17) is 9.47 Å². The second-order valence-corrected chi connectivity index (χ2v) is 9.14. The number of para-hydroxylation sites is 1. The van der Waals surface area contributed by atoms with Crippen LogP contribution in [0.15, 0.2) is 47.4 Å². The number of imide groups is 1. The van der Waals surface area contributed by atoms with E-state index in [1.54, 1.807) is 36.3 Å². The Morgan fingerprint density at radius 3 is 2.61 bits per heavy atom. The third kappa shape index (κ3) is 4.90. The largest absolute Gasteiger partial charge is 0.493 e. The lowest BCUT2D eigenvalue weighted by atomic mass is 10.00. The molecule has 2 aromatic rings. The second kappa shape index (κ2) is 9.70. The molecule has 0 spiro atoms. The van der Waals surface area contributed by atoms with E-state index >= 15 is 0 Å². The van der Waals surface area contributed by atoms with Gasteiger partial charge < -0.3 is 14.4 Å². The van der Waals surface area contributed by atoms with Gasteiger partial charge in [-0.05, 0) is 55.3 Å². The quantitative estimate of drug-likeness (QED) is 0.597. The minimum absolute atomic E-state index is 0.101. The zero-order valence-electron chi connectivity index (χ0n) is 18.9. The van der Waals surface area contributed by atoms with Crippen molar-refractivity contribution in [3.63, 3.8) is 0 Å². The van der Waals surface area contributed by atoms with Crippen LogP contribution >= 0.6 is 11.8 Å². The first-order chi connectivity index (χ1) is 15.9. The van der Waals surface area contributed by atoms with Crippen LogP contribution in [0, 0.1) is 0 Å². The molecule has 0 saturated carbocycles. The lowest BCUT2D eigenvalue weighted by molar-refractivity contribution is -0.136. The SMILES string of the molecule is COc1cccc(C=C2SC(=O)N(CC(=O)N3CCc4ccccc4C3)C2=O)c1OC(C)C. The van der Waals surface area contributed by atoms with Gasteiger partial charge in [-0.15, -0.1) is 0 Å². The minimum atomic E-state index is -0.478. The molecule has 0 radical (unpaired) electrons. The molecule has 3 amide bonds. The second-order valence-electron chi connectivity index (χ2n) is 8.15. The van der Waals surface area contributed by atoms with E-state index in [9.17, 15) is 14.4 Å². The number of nitrogens with zero attached hydrogens (tertiary/aromatic N) is 2. The van der Waals surface area contributed by atoms with Crippen LogP contribution in [0.25, 0.3) is 6.08 Å². The topological polar surface area (TPSA) is 76.2 Å². The van der Waals surface area contributed by atoms with Crippen molar-refractivity contribution in [2.24, 2.45) is 0 Å². The Morgan fingerprint density at radius 1 is 1.12 bits per heavy atom. The number of fused-ring (bicyclic) bond motifs is 1. The van der Waals surface area contributed by atoms with E-state index in [-0.39, 0.29) is 23.5 Å². The molecule has 2 aromatic carbocycles. The fraction of sp³-hybridized carbons (Fsp3) is 0.320. The maximum atomic E-state index is 13.0. The summed E-state index contributed by atoms with van der Waals surface area (Å²) in [5.74, 6) is 0.328. The average Bonchev–Trinajstić information content (AvgIpc) is 3.06. The van der Waals surface area contributed by atoms with Gasteiger partial charge in [-0.1, -0.05) is 36.4 Å². The van der Waals surface area contributed by atoms with Gasteiger partial charge in [0, 0.05) is 18.7 Å². The van der Waals surface area contributed by atoms with Crippen molar-refractivity contribution in [1.29, 1.82) is 0 Å². The average molecular weight is 467 g/mol. The third-order valence-electron chi connectivity index (χ3n) is 5.52. The molecule has 1 fully saturated rings. The molecule has 0 unspecified atom stereocenters. The number of thioether (sulfide) groups is 1. The van der Waals surface area contributed by atoms with E-state index in [1.165, 1.54) is 5.56 Å². The Labute approximate surface area is 197 Å². The number of amides is 3. The van der Waals surface area contributed by atoms with Crippen molar-refractivity contribution in [2.45, 2.75) is 32.9 Å². The van der Waals surface area contributed by atoms with Crippen molar-refractivity contribution in [1.82, 2.24) is 9.80 Å². The van der Waals surface area contributed by atoms with Crippen LogP contribution in [0.3, 0.4) is 0 Å². The van der Waals surface area contributed by atoms with Gasteiger partial charge in [0.25, 0.3) is 11.1 Å². The Hall–Kier alpha value is -3.26. The normalized spacial score (nSPS) is 17.0. The van der Waals surface area contributed by atoms with Gasteiger partial charge in [0.05, 0.1) is 18.1 Å². The fourth-order valence-corrected chi connectivity index (χ4v) is 4.72. The van der Waals surface area contributed by atoms with E-state index in [2.05, 4.69) is 6.07 Å². The molecule has 0 aromatic heterocycles. The lowest BCUT2D eigenvalue weighted by Gasteiger charge is -2.29. The smallest absolute Gasteiger partial charge is 0.294 e. The van der Waals surface area contributed by atoms with Crippen molar-refractivity contribution < 1.29 is 23.9 Å². The molecule has 7 nitrogen and oxygen atoms in total. The van der Waals surface area contributed by atoms with E-state index in [0.29, 0.717) is 30.2 Å². The van der Waals surface area contributed by atoms with Gasteiger partial charge in [0.15, 0.2) is 11.5 Å². The van der Waals surface area contributed by atoms with Crippen molar-refractivity contribution in [3.05, 3.63) is 64.1 Å². The first-order valence-electron chi connectivity index (χ1n) is 10.8. The molecule has 0 bridgehead atoms. The molecular weight excluding hydrogens is 440 g/mol. The lowest BCUT2D eigenvalue weighted by Crippen LogP contribution is -2.44. The summed E-state index contributed by atoms with van der Waals surface area (Å²) in [6.07, 6.45) is 2.28. The first-order valence-corrected chi connectivity index (χ1v) is 11.6. The van der Waals surface area contributed by atoms with Crippen LogP contribution in [-0.2, 0) is 22.6 Å². The standard InChI is InChI=1S/C25H26N2O5S/c1-16(2)32-23-18(9-6-10-20(23)31-3)13-21-24(29)27(25(30)33-21)15-22(28)26-12-11-17-7-4-5-8-19(17)14-26/h4-10,13,16H,11-12,14-15H2,1-3H3. The number of hydrogen-bond acceptors (Lipinski definition) is 6. The third-order valence-corrected chi connectivity index (χ3v) is 6.43. The monoisotopic (exact) mass is 466 g/mol. The zero-order chi connectivity index (χ0) is 23.5. The highest BCUT2D eigenvalue weighted by Gasteiger charge is 2.37. The van der Waals surface area contributed by atoms with Crippen molar-refractivity contribution >= 4 is 34.9 Å². The minimum Gasteiger partial charge on any atom is -0.493 e. The summed E-state index contributed by atoms with van der Waals surface area (Å²) < 4.78 is 11.3. The molecule has 0 aliphatic carbocycles. The molecule has 0 atom stereocenters. The number of ether oxygens (including phenoxy) is 2. The number of benzene rings is 2. The van der Waals surface area contributed by atoms with Crippen LogP contribution in [0.2, 0.25) is 0 Å². The van der Waals surface area contributed by atoms with Gasteiger partial charge in [-0.2, -0.15) is 0 Å². The maximum absolute atomic E-state index is 13.0. The highest BCUT2D eigenvalue weighted by molar-refractivity contribution is 8.18. The summed E-state index contributed by atoms with van der Waals surface area (Å²) >= 11 is 0.826. The Kier molecular flexibility index (Phi) is 6.74. The first kappa shape index (κ1) is 22.9. The molecule has 1 saturated heterocycles. The molecule has 2 heterocycles. The summed E-state index contributed by atoms with van der Waals surface area (Å²) in [7, 11) is 1.55. The highest BCUT2D eigenvalue weighted by Crippen LogP contribution is 2.38. The van der Waals surface area contributed by atoms with Gasteiger partial charge >= 0.3 is 0 Å². The number of carbonyl (C=O) groups excluding carboxylic acids is 3. The van der Waals surface area contributed by atoms with Crippen LogP contribution < -0.4 is 9.47 Å². The number of rotatable bonds is 6. The van der Waals surface area contributed by atoms with E-state index < -0.39 is 11.1 Å². The van der Waals surface area contributed by atoms with Crippen LogP contribution in [-0.4, -0.2) is 53.2 Å². The molecule has 33 heavy (non-hydrogen) atoms. The highest BCUT2D eigenvalue weighted by atomic mass is 32.2. The number of carbonyl (C=O) groups is 3. The maximum Gasteiger partial charge on any atom is 0.294 e. The summed E-state index contributed by atoms with van der Waals surface area (Å²) in [5.41, 5.74) is 2.96. The van der Waals surface area contributed by atoms with Gasteiger partial charge in [0.1, 0.15) is 6.54 Å². The summed E-state index contributed by atoms with van der Waals surface area (Å²) in [4.78, 5) is 41.4. The molecular formula is C25H26N2O5S. The van der Waals surface area contributed by atoms with Crippen LogP contribution in [0.1, 0.15) is 30.5 Å². The predicted octanol–water partition coefficient (Wildman–Crippen LogP) is 4.10. The molecule has 2 aliphatic rings. The summed E-state index contributed by atoms with van der Waals surface area (Å²) in [6, 6.07) is 13.4. The Morgan fingerprint density at radius 2 is 1.88 bits per heavy atom. The number of hydrogen-bond donors (Lipinski definition) is 0. The van der Waals surface area contributed by atoms with Crippen LogP contribution in [0.5, 0.6) is 11.5 Å². The van der Waals surface area contributed by atoms with Gasteiger partial charge in [-0.25, -0.2) is 0 Å². The van der Waals surface area contributed by atoms with E-state index in [1.807, 2.05) is 32.0 Å². The van der Waals surface area contributed by atoms with Crippen molar-refractivity contribution in [2.75, 3.05) is 20.2 Å². The fourth-order valence-electron chi connectivity index (χ4n) is 3.89. The van der Waals surface area contributed by atoms with E-state index in [0.717, 1.165) is 28.6 Å². The zero-order valence-corrected chi connectivity index (χ0v) is 19.7. The Balaban J connectivity index is 1.51. The Bertz CT molecular complexity index is 1130.